The molecule has 0 saturated carbocycles. The minimum atomic E-state index is 0.593. The number of rotatable bonds is 8. The second-order valence-electron chi connectivity index (χ2n) is 5.67. The van der Waals surface area contributed by atoms with Crippen LogP contribution in [0.15, 0.2) is 18.2 Å². The van der Waals surface area contributed by atoms with Crippen molar-refractivity contribution in [2.75, 3.05) is 25.0 Å². The van der Waals surface area contributed by atoms with Crippen LogP contribution in [-0.2, 0) is 0 Å². The summed E-state index contributed by atoms with van der Waals surface area (Å²) in [5.41, 5.74) is 4.02. The third-order valence-electron chi connectivity index (χ3n) is 3.46. The van der Waals surface area contributed by atoms with E-state index in [4.69, 9.17) is 0 Å². The number of hydrogen-bond acceptors (Lipinski definition) is 2. The van der Waals surface area contributed by atoms with Crippen molar-refractivity contribution < 1.29 is 0 Å². The normalized spacial score (nSPS) is 12.5. The molecular formula is C17H30N2. The topological polar surface area (TPSA) is 15.3 Å². The van der Waals surface area contributed by atoms with E-state index in [1.807, 2.05) is 0 Å². The molecule has 0 aliphatic carbocycles. The van der Waals surface area contributed by atoms with Gasteiger partial charge < -0.3 is 10.2 Å². The molecule has 19 heavy (non-hydrogen) atoms. The van der Waals surface area contributed by atoms with E-state index in [9.17, 15) is 0 Å². The Hall–Kier alpha value is -1.02. The van der Waals surface area contributed by atoms with Gasteiger partial charge in [-0.25, -0.2) is 0 Å². The molecule has 108 valence electrons. The van der Waals surface area contributed by atoms with E-state index in [1.54, 1.807) is 0 Å². The zero-order chi connectivity index (χ0) is 14.3. The standard InChI is InChI=1S/C17H30N2/c1-6-8-16(18-9-7-2)13-19(5)17-11-14(3)10-15(4)12-17/h10-12,16,18H,6-9,13H2,1-5H3. The second-order valence-corrected chi connectivity index (χ2v) is 5.67. The summed E-state index contributed by atoms with van der Waals surface area (Å²) in [6, 6.07) is 7.37. The molecule has 0 aromatic heterocycles. The highest BCUT2D eigenvalue weighted by Crippen LogP contribution is 2.18. The molecule has 0 radical (unpaired) electrons. The predicted molar refractivity (Wildman–Crippen MR) is 86.2 cm³/mol. The highest BCUT2D eigenvalue weighted by Gasteiger charge is 2.11. The second kappa shape index (κ2) is 8.21. The van der Waals surface area contributed by atoms with Crippen molar-refractivity contribution in [1.29, 1.82) is 0 Å². The largest absolute Gasteiger partial charge is 0.373 e. The Kier molecular flexibility index (Phi) is 6.93. The first kappa shape index (κ1) is 16.0. The van der Waals surface area contributed by atoms with Crippen molar-refractivity contribution in [3.63, 3.8) is 0 Å². The van der Waals surface area contributed by atoms with Gasteiger partial charge in [0.1, 0.15) is 0 Å². The third-order valence-corrected chi connectivity index (χ3v) is 3.46. The van der Waals surface area contributed by atoms with Crippen molar-refractivity contribution >= 4 is 5.69 Å². The van der Waals surface area contributed by atoms with Gasteiger partial charge in [0.2, 0.25) is 0 Å². The fraction of sp³-hybridized carbons (Fsp3) is 0.647. The van der Waals surface area contributed by atoms with Crippen LogP contribution < -0.4 is 10.2 Å². The Balaban J connectivity index is 2.66. The van der Waals surface area contributed by atoms with Gasteiger partial charge in [0.15, 0.2) is 0 Å². The average Bonchev–Trinajstić information content (AvgIpc) is 2.35. The van der Waals surface area contributed by atoms with Crippen molar-refractivity contribution in [1.82, 2.24) is 5.32 Å². The summed E-state index contributed by atoms with van der Waals surface area (Å²) >= 11 is 0. The first-order valence-electron chi connectivity index (χ1n) is 7.59. The SMILES string of the molecule is CCCNC(CCC)CN(C)c1cc(C)cc(C)c1. The fourth-order valence-corrected chi connectivity index (χ4v) is 2.56. The summed E-state index contributed by atoms with van der Waals surface area (Å²) in [4.78, 5) is 2.38. The van der Waals surface area contributed by atoms with Crippen LogP contribution in [0.25, 0.3) is 0 Å². The number of hydrogen-bond donors (Lipinski definition) is 1. The molecule has 0 bridgehead atoms. The molecule has 1 N–H and O–H groups in total. The van der Waals surface area contributed by atoms with Crippen molar-refractivity contribution in [3.8, 4) is 0 Å². The van der Waals surface area contributed by atoms with Crippen molar-refractivity contribution in [2.24, 2.45) is 0 Å². The lowest BCUT2D eigenvalue weighted by molar-refractivity contribution is 0.476. The van der Waals surface area contributed by atoms with Crippen molar-refractivity contribution in [3.05, 3.63) is 29.3 Å². The van der Waals surface area contributed by atoms with Crippen LogP contribution >= 0.6 is 0 Å². The van der Waals surface area contributed by atoms with Crippen LogP contribution in [0.2, 0.25) is 0 Å². The summed E-state index contributed by atoms with van der Waals surface area (Å²) in [5.74, 6) is 0. The summed E-state index contributed by atoms with van der Waals surface area (Å²) in [6.07, 6.45) is 3.69. The maximum atomic E-state index is 3.66. The fourth-order valence-electron chi connectivity index (χ4n) is 2.56. The monoisotopic (exact) mass is 262 g/mol. The Labute approximate surface area is 119 Å². The highest BCUT2D eigenvalue weighted by atomic mass is 15.1. The number of benzene rings is 1. The maximum Gasteiger partial charge on any atom is 0.0369 e. The van der Waals surface area contributed by atoms with Crippen molar-refractivity contribution in [2.45, 2.75) is 53.0 Å². The predicted octanol–water partition coefficient (Wildman–Crippen LogP) is 3.91. The van der Waals surface area contributed by atoms with Gasteiger partial charge in [-0.15, -0.1) is 0 Å². The Morgan fingerprint density at radius 2 is 1.68 bits per heavy atom. The quantitative estimate of drug-likeness (QED) is 0.764. The van der Waals surface area contributed by atoms with E-state index in [0.29, 0.717) is 6.04 Å². The van der Waals surface area contributed by atoms with E-state index in [2.05, 4.69) is 63.2 Å². The molecular weight excluding hydrogens is 232 g/mol. The van der Waals surface area contributed by atoms with Crippen LogP contribution in [0.5, 0.6) is 0 Å². The maximum absolute atomic E-state index is 3.66. The van der Waals surface area contributed by atoms with Gasteiger partial charge >= 0.3 is 0 Å². The average molecular weight is 262 g/mol. The number of anilines is 1. The molecule has 1 unspecified atom stereocenters. The lowest BCUT2D eigenvalue weighted by atomic mass is 10.1. The van der Waals surface area contributed by atoms with Gasteiger partial charge in [0.25, 0.3) is 0 Å². The highest BCUT2D eigenvalue weighted by molar-refractivity contribution is 5.50. The molecule has 1 aromatic rings. The molecule has 1 rings (SSSR count). The molecule has 1 atom stereocenters. The summed E-state index contributed by atoms with van der Waals surface area (Å²) in [5, 5.41) is 3.66. The lowest BCUT2D eigenvalue weighted by Gasteiger charge is -2.27. The van der Waals surface area contributed by atoms with Gasteiger partial charge in [0, 0.05) is 25.3 Å². The van der Waals surface area contributed by atoms with Crippen LogP contribution in [0.1, 0.15) is 44.2 Å². The van der Waals surface area contributed by atoms with E-state index >= 15 is 0 Å². The number of nitrogens with zero attached hydrogens (tertiary/aromatic N) is 1. The molecule has 0 amide bonds. The molecule has 0 aliphatic heterocycles. The zero-order valence-corrected chi connectivity index (χ0v) is 13.3. The van der Waals surface area contributed by atoms with E-state index < -0.39 is 0 Å². The zero-order valence-electron chi connectivity index (χ0n) is 13.3. The van der Waals surface area contributed by atoms with Gasteiger partial charge in [-0.1, -0.05) is 26.3 Å². The number of aryl methyl sites for hydroxylation is 2. The van der Waals surface area contributed by atoms with Crippen LogP contribution in [-0.4, -0.2) is 26.2 Å². The van der Waals surface area contributed by atoms with Gasteiger partial charge in [-0.05, 0) is 56.5 Å². The van der Waals surface area contributed by atoms with E-state index in [-0.39, 0.29) is 0 Å². The summed E-state index contributed by atoms with van der Waals surface area (Å²) in [7, 11) is 2.20. The molecule has 0 aliphatic rings. The van der Waals surface area contributed by atoms with Crippen LogP contribution in [0.3, 0.4) is 0 Å². The molecule has 2 heteroatoms. The molecule has 0 heterocycles. The third kappa shape index (κ3) is 5.65. The molecule has 0 spiro atoms. The molecule has 1 aromatic carbocycles. The lowest BCUT2D eigenvalue weighted by Crippen LogP contribution is -2.40. The smallest absolute Gasteiger partial charge is 0.0369 e. The van der Waals surface area contributed by atoms with E-state index in [0.717, 1.165) is 13.1 Å². The number of nitrogens with one attached hydrogen (secondary N) is 1. The van der Waals surface area contributed by atoms with Gasteiger partial charge in [-0.2, -0.15) is 0 Å². The molecule has 0 saturated heterocycles. The minimum absolute atomic E-state index is 0.593. The Morgan fingerprint density at radius 1 is 1.05 bits per heavy atom. The van der Waals surface area contributed by atoms with Gasteiger partial charge in [-0.3, -0.25) is 0 Å². The Bertz CT molecular complexity index is 353. The molecule has 2 nitrogen and oxygen atoms in total. The first-order valence-corrected chi connectivity index (χ1v) is 7.59. The van der Waals surface area contributed by atoms with Crippen LogP contribution in [0, 0.1) is 13.8 Å². The van der Waals surface area contributed by atoms with Crippen LogP contribution in [0.4, 0.5) is 5.69 Å². The first-order chi connectivity index (χ1) is 9.06. The Morgan fingerprint density at radius 3 is 2.21 bits per heavy atom. The van der Waals surface area contributed by atoms with Gasteiger partial charge in [0.05, 0.1) is 0 Å². The summed E-state index contributed by atoms with van der Waals surface area (Å²) < 4.78 is 0. The van der Waals surface area contributed by atoms with E-state index in [1.165, 1.54) is 36.1 Å². The summed E-state index contributed by atoms with van der Waals surface area (Å²) in [6.45, 7) is 11.0. The molecule has 0 fully saturated rings. The number of likely N-dealkylation sites (N-methyl/N-ethyl adjacent to an activating group) is 1. The minimum Gasteiger partial charge on any atom is -0.373 e.